The van der Waals surface area contributed by atoms with Crippen LogP contribution in [0.5, 0.6) is 0 Å². The van der Waals surface area contributed by atoms with Gasteiger partial charge in [-0.3, -0.25) is 10.4 Å². The Morgan fingerprint density at radius 3 is 2.90 bits per heavy atom. The van der Waals surface area contributed by atoms with E-state index < -0.39 is 5.69 Å². The molecule has 0 bridgehead atoms. The number of anilines is 1. The maximum Gasteiger partial charge on any atom is 0.348 e. The van der Waals surface area contributed by atoms with Crippen LogP contribution in [0.25, 0.3) is 11.2 Å². The summed E-state index contributed by atoms with van der Waals surface area (Å²) in [5.41, 5.74) is 3.72. The molecule has 20 heavy (non-hydrogen) atoms. The van der Waals surface area contributed by atoms with Gasteiger partial charge in [0.25, 0.3) is 0 Å². The summed E-state index contributed by atoms with van der Waals surface area (Å²) in [6.07, 6.45) is 2.93. The number of imidazole rings is 1. The molecule has 0 amide bonds. The molecule has 2 aromatic heterocycles. The number of hydrazone groups is 1. The Morgan fingerprint density at radius 1 is 1.30 bits per heavy atom. The fraction of sp³-hybridized carbons (Fsp3) is 0. The summed E-state index contributed by atoms with van der Waals surface area (Å²) in [5, 5.41) is 3.97. The van der Waals surface area contributed by atoms with E-state index in [1.165, 1.54) is 24.7 Å². The fourth-order valence-electron chi connectivity index (χ4n) is 1.65. The predicted molar refractivity (Wildman–Crippen MR) is 72.1 cm³/mol. The van der Waals surface area contributed by atoms with Crippen molar-refractivity contribution in [3.05, 3.63) is 52.5 Å². The van der Waals surface area contributed by atoms with Crippen LogP contribution in [0.1, 0.15) is 5.56 Å². The molecule has 3 aromatic rings. The number of benzene rings is 1. The molecule has 0 fully saturated rings. The van der Waals surface area contributed by atoms with Crippen LogP contribution in [0.15, 0.2) is 40.5 Å². The third-order valence-corrected chi connectivity index (χ3v) is 2.57. The first-order chi connectivity index (χ1) is 9.72. The van der Waals surface area contributed by atoms with E-state index in [0.717, 1.165) is 5.56 Å². The lowest BCUT2D eigenvalue weighted by Gasteiger charge is -2.00. The van der Waals surface area contributed by atoms with E-state index in [1.807, 2.05) is 0 Å². The van der Waals surface area contributed by atoms with E-state index in [2.05, 4.69) is 30.5 Å². The molecule has 8 heteroatoms. The van der Waals surface area contributed by atoms with E-state index >= 15 is 0 Å². The second kappa shape index (κ2) is 4.92. The molecule has 0 unspecified atom stereocenters. The van der Waals surface area contributed by atoms with Gasteiger partial charge in [-0.15, -0.1) is 0 Å². The number of H-pyrrole nitrogens is 2. The van der Waals surface area contributed by atoms with Crippen LogP contribution in [-0.4, -0.2) is 26.2 Å². The number of hydrogen-bond donors (Lipinski definition) is 3. The molecule has 2 heterocycles. The summed E-state index contributed by atoms with van der Waals surface area (Å²) in [6.45, 7) is 0. The van der Waals surface area contributed by atoms with Crippen molar-refractivity contribution in [3.8, 4) is 0 Å². The molecule has 100 valence electrons. The van der Waals surface area contributed by atoms with Crippen molar-refractivity contribution in [2.24, 2.45) is 5.10 Å². The molecule has 1 aromatic carbocycles. The van der Waals surface area contributed by atoms with Crippen molar-refractivity contribution < 1.29 is 4.39 Å². The lowest BCUT2D eigenvalue weighted by atomic mass is 10.2. The summed E-state index contributed by atoms with van der Waals surface area (Å²) in [7, 11) is 0. The zero-order valence-electron chi connectivity index (χ0n) is 10.1. The Kier molecular flexibility index (Phi) is 2.96. The van der Waals surface area contributed by atoms with Crippen LogP contribution in [0.3, 0.4) is 0 Å². The Balaban J connectivity index is 1.84. The Bertz CT molecular complexity index is 820. The van der Waals surface area contributed by atoms with Crippen molar-refractivity contribution in [1.29, 1.82) is 0 Å². The number of fused-ring (bicyclic) bond motifs is 1. The van der Waals surface area contributed by atoms with Crippen LogP contribution in [-0.2, 0) is 0 Å². The van der Waals surface area contributed by atoms with Crippen molar-refractivity contribution in [2.75, 3.05) is 5.43 Å². The van der Waals surface area contributed by atoms with Crippen LogP contribution in [0.2, 0.25) is 0 Å². The first-order valence-electron chi connectivity index (χ1n) is 5.70. The summed E-state index contributed by atoms with van der Waals surface area (Å²) >= 11 is 0. The van der Waals surface area contributed by atoms with E-state index in [0.29, 0.717) is 17.0 Å². The first kappa shape index (κ1) is 12.0. The molecular formula is C12H9FN6O. The number of rotatable bonds is 3. The highest BCUT2D eigenvalue weighted by atomic mass is 19.1. The lowest BCUT2D eigenvalue weighted by Crippen LogP contribution is -2.12. The SMILES string of the molecule is O=c1nc2nc[nH]c2c(NN=Cc2ccc(F)cc2)[nH]1. The lowest BCUT2D eigenvalue weighted by molar-refractivity contribution is 0.628. The third kappa shape index (κ3) is 2.39. The molecule has 0 aliphatic heterocycles. The highest BCUT2D eigenvalue weighted by Crippen LogP contribution is 2.12. The zero-order chi connectivity index (χ0) is 13.9. The summed E-state index contributed by atoms with van der Waals surface area (Å²) in [5.74, 6) is 0.0450. The number of halogens is 1. The molecule has 0 aliphatic carbocycles. The van der Waals surface area contributed by atoms with Crippen molar-refractivity contribution in [1.82, 2.24) is 19.9 Å². The molecule has 0 radical (unpaired) electrons. The second-order valence-electron chi connectivity index (χ2n) is 3.94. The minimum absolute atomic E-state index is 0.299. The molecule has 0 saturated carbocycles. The van der Waals surface area contributed by atoms with Gasteiger partial charge in [-0.25, -0.2) is 14.2 Å². The molecule has 3 rings (SSSR count). The summed E-state index contributed by atoms with van der Waals surface area (Å²) in [4.78, 5) is 24.3. The summed E-state index contributed by atoms with van der Waals surface area (Å²) in [6, 6.07) is 5.84. The Labute approximate surface area is 111 Å². The minimum atomic E-state index is -0.524. The molecule has 0 spiro atoms. The smallest absolute Gasteiger partial charge is 0.340 e. The first-order valence-corrected chi connectivity index (χ1v) is 5.70. The normalized spacial score (nSPS) is 11.2. The van der Waals surface area contributed by atoms with Gasteiger partial charge in [-0.05, 0) is 17.7 Å². The monoisotopic (exact) mass is 272 g/mol. The van der Waals surface area contributed by atoms with Gasteiger partial charge >= 0.3 is 5.69 Å². The van der Waals surface area contributed by atoms with Gasteiger partial charge in [0.05, 0.1) is 12.5 Å². The molecule has 0 saturated heterocycles. The van der Waals surface area contributed by atoms with Gasteiger partial charge in [0, 0.05) is 0 Å². The Hall–Kier alpha value is -3.03. The van der Waals surface area contributed by atoms with Crippen LogP contribution >= 0.6 is 0 Å². The molecule has 0 aliphatic rings. The highest BCUT2D eigenvalue weighted by Gasteiger charge is 2.05. The molecule has 7 nitrogen and oxygen atoms in total. The van der Waals surface area contributed by atoms with Crippen molar-refractivity contribution in [3.63, 3.8) is 0 Å². The standard InChI is InChI=1S/C12H9FN6O/c13-8-3-1-7(2-4-8)5-16-19-11-9-10(15-6-14-9)17-12(20)18-11/h1-6H,(H3,14,15,17,18,19,20). The maximum atomic E-state index is 12.7. The number of nitrogens with one attached hydrogen (secondary N) is 3. The van der Waals surface area contributed by atoms with Crippen LogP contribution in [0.4, 0.5) is 10.2 Å². The highest BCUT2D eigenvalue weighted by molar-refractivity contribution is 5.84. The van der Waals surface area contributed by atoms with Gasteiger partial charge < -0.3 is 4.98 Å². The average Bonchev–Trinajstić information content (AvgIpc) is 2.89. The molecule has 3 N–H and O–H groups in total. The largest absolute Gasteiger partial charge is 0.348 e. The molecule has 0 atom stereocenters. The van der Waals surface area contributed by atoms with E-state index in [-0.39, 0.29) is 5.82 Å². The van der Waals surface area contributed by atoms with Gasteiger partial charge in [0.1, 0.15) is 11.3 Å². The Morgan fingerprint density at radius 2 is 2.10 bits per heavy atom. The zero-order valence-corrected chi connectivity index (χ0v) is 10.1. The van der Waals surface area contributed by atoms with Crippen molar-refractivity contribution >= 4 is 23.2 Å². The number of aromatic amines is 2. The number of aromatic nitrogens is 4. The molecular weight excluding hydrogens is 263 g/mol. The maximum absolute atomic E-state index is 12.7. The van der Waals surface area contributed by atoms with E-state index in [1.54, 1.807) is 12.1 Å². The van der Waals surface area contributed by atoms with Gasteiger partial charge in [-0.1, -0.05) is 12.1 Å². The minimum Gasteiger partial charge on any atom is -0.340 e. The third-order valence-electron chi connectivity index (χ3n) is 2.57. The fourth-order valence-corrected chi connectivity index (χ4v) is 1.65. The van der Waals surface area contributed by atoms with E-state index in [9.17, 15) is 9.18 Å². The predicted octanol–water partition coefficient (Wildman–Crippen LogP) is 1.23. The number of nitrogens with zero attached hydrogens (tertiary/aromatic N) is 3. The van der Waals surface area contributed by atoms with Gasteiger partial charge in [0.2, 0.25) is 0 Å². The quantitative estimate of drug-likeness (QED) is 0.493. The van der Waals surface area contributed by atoms with E-state index in [4.69, 9.17) is 0 Å². The van der Waals surface area contributed by atoms with Crippen LogP contribution in [0, 0.1) is 5.82 Å². The second-order valence-corrected chi connectivity index (χ2v) is 3.94. The number of hydrogen-bond acceptors (Lipinski definition) is 5. The van der Waals surface area contributed by atoms with Gasteiger partial charge in [0.15, 0.2) is 11.5 Å². The topological polar surface area (TPSA) is 98.8 Å². The van der Waals surface area contributed by atoms with Crippen LogP contribution < -0.4 is 11.1 Å². The van der Waals surface area contributed by atoms with Gasteiger partial charge in [-0.2, -0.15) is 10.1 Å². The summed E-state index contributed by atoms with van der Waals surface area (Å²) < 4.78 is 12.7. The van der Waals surface area contributed by atoms with Crippen molar-refractivity contribution in [2.45, 2.75) is 0 Å². The average molecular weight is 272 g/mol.